The molecule has 1 unspecified atom stereocenters. The fourth-order valence-corrected chi connectivity index (χ4v) is 4.80. The number of carbonyl (C=O) groups excluding carboxylic acids is 2. The Hall–Kier alpha value is -3.73. The second-order valence-electron chi connectivity index (χ2n) is 7.65. The third kappa shape index (κ3) is 4.38. The zero-order valence-corrected chi connectivity index (χ0v) is 18.2. The number of carbonyl (C=O) groups is 2. The molecule has 4 aromatic rings. The predicted octanol–water partition coefficient (Wildman–Crippen LogP) is 5.14. The Labute approximate surface area is 195 Å². The number of nitrogens with one attached hydrogen (secondary N) is 2. The summed E-state index contributed by atoms with van der Waals surface area (Å²) in [4.78, 5) is 30.4. The lowest BCUT2D eigenvalue weighted by atomic mass is 10.2. The van der Waals surface area contributed by atoms with E-state index in [0.29, 0.717) is 17.0 Å². The van der Waals surface area contributed by atoms with Crippen LogP contribution in [0.3, 0.4) is 0 Å². The number of imidazole rings is 1. The summed E-state index contributed by atoms with van der Waals surface area (Å²) >= 11 is 1.28. The van der Waals surface area contributed by atoms with Gasteiger partial charge in [-0.1, -0.05) is 12.1 Å². The van der Waals surface area contributed by atoms with Crippen LogP contribution >= 0.6 is 11.8 Å². The van der Waals surface area contributed by atoms with Crippen molar-refractivity contribution >= 4 is 46.2 Å². The Morgan fingerprint density at radius 3 is 2.76 bits per heavy atom. The maximum absolute atomic E-state index is 13.2. The highest BCUT2D eigenvalue weighted by molar-refractivity contribution is 8.01. The average molecular weight is 486 g/mol. The summed E-state index contributed by atoms with van der Waals surface area (Å²) in [5.41, 5.74) is 0.332. The molecule has 7 nitrogen and oxygen atoms in total. The molecule has 0 spiro atoms. The molecule has 1 atom stereocenters. The van der Waals surface area contributed by atoms with Crippen molar-refractivity contribution < 1.29 is 27.2 Å². The summed E-state index contributed by atoms with van der Waals surface area (Å²) in [6.45, 7) is 0.149. The highest BCUT2D eigenvalue weighted by Crippen LogP contribution is 2.37. The number of aromatic nitrogens is 2. The molecule has 1 aliphatic heterocycles. The Morgan fingerprint density at radius 1 is 1.18 bits per heavy atom. The molecule has 174 valence electrons. The number of thioether (sulfide) groups is 1. The Bertz CT molecular complexity index is 1380. The number of para-hydroxylation sites is 1. The van der Waals surface area contributed by atoms with Crippen molar-refractivity contribution in [2.45, 2.75) is 29.3 Å². The second-order valence-corrected chi connectivity index (χ2v) is 8.89. The SMILES string of the molecule is O=C(CC1Sc2ccccc2NC1=O)Nc1nc2cc(C(F)(F)F)ccc2n1Cc1ccco1. The number of furan rings is 1. The van der Waals surface area contributed by atoms with E-state index >= 15 is 0 Å². The quantitative estimate of drug-likeness (QED) is 0.408. The summed E-state index contributed by atoms with van der Waals surface area (Å²) < 4.78 is 46.5. The minimum Gasteiger partial charge on any atom is -0.467 e. The molecular formula is C23H17F3N4O3S. The van der Waals surface area contributed by atoms with Crippen LogP contribution in [-0.2, 0) is 22.3 Å². The standard InChI is InChI=1S/C23H17F3N4O3S/c24-23(25,26)13-7-8-17-16(10-13)28-22(30(17)12-14-4-3-9-33-14)29-20(31)11-19-21(32)27-15-5-1-2-6-18(15)34-19/h1-10,19H,11-12H2,(H,27,32)(H,28,29,31). The van der Waals surface area contributed by atoms with Gasteiger partial charge in [0.15, 0.2) is 0 Å². The molecule has 2 amide bonds. The van der Waals surface area contributed by atoms with Gasteiger partial charge in [-0.05, 0) is 42.5 Å². The molecule has 3 heterocycles. The number of alkyl halides is 3. The lowest BCUT2D eigenvalue weighted by molar-refractivity contribution is -0.137. The van der Waals surface area contributed by atoms with Gasteiger partial charge >= 0.3 is 6.18 Å². The number of anilines is 2. The van der Waals surface area contributed by atoms with Crippen molar-refractivity contribution in [1.29, 1.82) is 0 Å². The maximum atomic E-state index is 13.2. The number of amides is 2. The van der Waals surface area contributed by atoms with E-state index in [1.165, 1.54) is 24.1 Å². The number of hydrogen-bond acceptors (Lipinski definition) is 5. The van der Waals surface area contributed by atoms with Gasteiger partial charge < -0.3 is 14.3 Å². The van der Waals surface area contributed by atoms with E-state index in [2.05, 4.69) is 15.6 Å². The first kappa shape index (κ1) is 22.1. The van der Waals surface area contributed by atoms with Crippen LogP contribution in [0, 0.1) is 0 Å². The predicted molar refractivity (Wildman–Crippen MR) is 121 cm³/mol. The Morgan fingerprint density at radius 2 is 2.00 bits per heavy atom. The van der Waals surface area contributed by atoms with Crippen LogP contribution in [0.5, 0.6) is 0 Å². The van der Waals surface area contributed by atoms with Gasteiger partial charge in [-0.15, -0.1) is 11.8 Å². The molecule has 2 N–H and O–H groups in total. The van der Waals surface area contributed by atoms with Gasteiger partial charge in [-0.3, -0.25) is 14.9 Å². The zero-order valence-electron chi connectivity index (χ0n) is 17.4. The lowest BCUT2D eigenvalue weighted by Crippen LogP contribution is -2.32. The van der Waals surface area contributed by atoms with E-state index in [4.69, 9.17) is 4.42 Å². The van der Waals surface area contributed by atoms with Crippen molar-refractivity contribution in [3.8, 4) is 0 Å². The van der Waals surface area contributed by atoms with E-state index in [1.54, 1.807) is 28.8 Å². The van der Waals surface area contributed by atoms with Gasteiger partial charge in [-0.2, -0.15) is 13.2 Å². The number of nitrogens with zero attached hydrogens (tertiary/aromatic N) is 2. The van der Waals surface area contributed by atoms with Gasteiger partial charge in [-0.25, -0.2) is 4.98 Å². The minimum absolute atomic E-state index is 0.0670. The summed E-state index contributed by atoms with van der Waals surface area (Å²) in [6.07, 6.45) is -3.18. The van der Waals surface area contributed by atoms with Crippen molar-refractivity contribution in [2.75, 3.05) is 10.6 Å². The fraction of sp³-hybridized carbons (Fsp3) is 0.174. The van der Waals surface area contributed by atoms with Crippen molar-refractivity contribution in [3.63, 3.8) is 0 Å². The summed E-state index contributed by atoms with van der Waals surface area (Å²) in [5.74, 6) is -0.178. The van der Waals surface area contributed by atoms with Crippen LogP contribution in [0.1, 0.15) is 17.7 Å². The van der Waals surface area contributed by atoms with Crippen LogP contribution in [0.25, 0.3) is 11.0 Å². The van der Waals surface area contributed by atoms with Crippen LogP contribution in [-0.4, -0.2) is 26.6 Å². The smallest absolute Gasteiger partial charge is 0.416 e. The summed E-state index contributed by atoms with van der Waals surface area (Å²) in [5, 5.41) is 4.78. The molecule has 5 rings (SSSR count). The fourth-order valence-electron chi connectivity index (χ4n) is 3.69. The average Bonchev–Trinajstić information content (AvgIpc) is 3.42. The molecule has 1 aliphatic rings. The van der Waals surface area contributed by atoms with Crippen molar-refractivity contribution in [1.82, 2.24) is 9.55 Å². The largest absolute Gasteiger partial charge is 0.467 e. The van der Waals surface area contributed by atoms with E-state index in [0.717, 1.165) is 17.0 Å². The molecule has 0 aliphatic carbocycles. The third-order valence-corrected chi connectivity index (χ3v) is 6.57. The molecule has 2 aromatic carbocycles. The van der Waals surface area contributed by atoms with E-state index in [9.17, 15) is 22.8 Å². The second kappa shape index (κ2) is 8.56. The van der Waals surface area contributed by atoms with Crippen molar-refractivity contribution in [3.05, 3.63) is 72.2 Å². The Balaban J connectivity index is 1.41. The van der Waals surface area contributed by atoms with E-state index in [-0.39, 0.29) is 30.3 Å². The number of halogens is 3. The van der Waals surface area contributed by atoms with Gasteiger partial charge in [0.25, 0.3) is 0 Å². The first-order chi connectivity index (χ1) is 16.3. The maximum Gasteiger partial charge on any atom is 0.416 e. The molecule has 0 saturated heterocycles. The molecule has 0 saturated carbocycles. The first-order valence-corrected chi connectivity index (χ1v) is 11.1. The molecule has 0 bridgehead atoms. The van der Waals surface area contributed by atoms with Crippen LogP contribution in [0.2, 0.25) is 0 Å². The molecule has 0 radical (unpaired) electrons. The first-order valence-electron chi connectivity index (χ1n) is 10.2. The van der Waals surface area contributed by atoms with Gasteiger partial charge in [0.05, 0.1) is 40.3 Å². The highest BCUT2D eigenvalue weighted by Gasteiger charge is 2.32. The number of benzene rings is 2. The summed E-state index contributed by atoms with van der Waals surface area (Å²) in [7, 11) is 0. The monoisotopic (exact) mass is 486 g/mol. The molecule has 11 heteroatoms. The van der Waals surface area contributed by atoms with Gasteiger partial charge in [0.2, 0.25) is 17.8 Å². The van der Waals surface area contributed by atoms with Gasteiger partial charge in [0, 0.05) is 11.3 Å². The molecule has 34 heavy (non-hydrogen) atoms. The van der Waals surface area contributed by atoms with E-state index < -0.39 is 22.9 Å². The van der Waals surface area contributed by atoms with Crippen LogP contribution in [0.15, 0.2) is 70.2 Å². The number of hydrogen-bond donors (Lipinski definition) is 2. The molecular weight excluding hydrogens is 469 g/mol. The van der Waals surface area contributed by atoms with E-state index in [1.807, 2.05) is 12.1 Å². The van der Waals surface area contributed by atoms with Crippen molar-refractivity contribution in [2.24, 2.45) is 0 Å². The topological polar surface area (TPSA) is 89.2 Å². The zero-order chi connectivity index (χ0) is 23.9. The number of rotatable bonds is 5. The normalized spacial score (nSPS) is 15.7. The molecule has 0 fully saturated rings. The summed E-state index contributed by atoms with van der Waals surface area (Å²) in [6, 6.07) is 13.9. The highest BCUT2D eigenvalue weighted by atomic mass is 32.2. The lowest BCUT2D eigenvalue weighted by Gasteiger charge is -2.23. The number of fused-ring (bicyclic) bond motifs is 2. The van der Waals surface area contributed by atoms with Crippen LogP contribution < -0.4 is 10.6 Å². The van der Waals surface area contributed by atoms with Crippen LogP contribution in [0.4, 0.5) is 24.8 Å². The third-order valence-electron chi connectivity index (χ3n) is 5.30. The Kier molecular flexibility index (Phi) is 5.56. The van der Waals surface area contributed by atoms with Gasteiger partial charge in [0.1, 0.15) is 5.76 Å². The minimum atomic E-state index is -4.52. The molecule has 2 aromatic heterocycles.